The summed E-state index contributed by atoms with van der Waals surface area (Å²) in [5, 5.41) is 1.11. The lowest BCUT2D eigenvalue weighted by Gasteiger charge is -2.26. The van der Waals surface area contributed by atoms with Gasteiger partial charge in [-0.3, -0.25) is 4.79 Å². The van der Waals surface area contributed by atoms with Gasteiger partial charge in [-0.1, -0.05) is 29.3 Å². The molecule has 2 rings (SSSR count). The number of amides is 1. The van der Waals surface area contributed by atoms with Crippen molar-refractivity contribution in [1.29, 1.82) is 0 Å². The van der Waals surface area contributed by atoms with Crippen molar-refractivity contribution >= 4 is 40.9 Å². The van der Waals surface area contributed by atoms with Gasteiger partial charge in [0.25, 0.3) is 0 Å². The van der Waals surface area contributed by atoms with Crippen LogP contribution in [0.2, 0.25) is 10.0 Å². The third-order valence-corrected chi connectivity index (χ3v) is 5.51. The Morgan fingerprint density at radius 1 is 1.29 bits per heavy atom. The van der Waals surface area contributed by atoms with E-state index in [9.17, 15) is 4.79 Å². The van der Waals surface area contributed by atoms with Gasteiger partial charge in [-0.05, 0) is 46.1 Å². The molecule has 116 valence electrons. The van der Waals surface area contributed by atoms with Crippen molar-refractivity contribution in [2.24, 2.45) is 0 Å². The van der Waals surface area contributed by atoms with Gasteiger partial charge in [-0.2, -0.15) is 0 Å². The van der Waals surface area contributed by atoms with E-state index in [1.807, 2.05) is 44.1 Å². The van der Waals surface area contributed by atoms with E-state index < -0.39 is 0 Å². The van der Waals surface area contributed by atoms with Crippen molar-refractivity contribution in [3.8, 4) is 0 Å². The second kappa shape index (κ2) is 7.23. The number of carbonyl (C=O) groups is 1. The third-order valence-electron chi connectivity index (χ3n) is 3.50. The minimum Gasteiger partial charge on any atom is -0.325 e. The highest BCUT2D eigenvalue weighted by Gasteiger charge is 2.39. The van der Waals surface area contributed by atoms with E-state index in [2.05, 4.69) is 4.90 Å². The Balaban J connectivity index is 2.21. The van der Waals surface area contributed by atoms with Gasteiger partial charge in [0, 0.05) is 22.2 Å². The molecule has 0 aliphatic carbocycles. The van der Waals surface area contributed by atoms with Gasteiger partial charge in [-0.25, -0.2) is 0 Å². The first-order valence-electron chi connectivity index (χ1n) is 6.96. The van der Waals surface area contributed by atoms with Crippen molar-refractivity contribution in [1.82, 2.24) is 9.80 Å². The van der Waals surface area contributed by atoms with Crippen LogP contribution in [0.1, 0.15) is 24.3 Å². The molecule has 1 aromatic carbocycles. The Morgan fingerprint density at radius 3 is 2.48 bits per heavy atom. The van der Waals surface area contributed by atoms with Crippen molar-refractivity contribution in [2.45, 2.75) is 24.0 Å². The van der Waals surface area contributed by atoms with Crippen molar-refractivity contribution in [3.63, 3.8) is 0 Å². The number of thioether (sulfide) groups is 1. The number of halogens is 2. The summed E-state index contributed by atoms with van der Waals surface area (Å²) >= 11 is 14.2. The van der Waals surface area contributed by atoms with Gasteiger partial charge in [-0.15, -0.1) is 11.8 Å². The predicted octanol–water partition coefficient (Wildman–Crippen LogP) is 3.91. The monoisotopic (exact) mass is 346 g/mol. The average molecular weight is 347 g/mol. The molecule has 0 bridgehead atoms. The highest BCUT2D eigenvalue weighted by molar-refractivity contribution is 8.01. The Bertz CT molecular complexity index is 504. The van der Waals surface area contributed by atoms with Crippen molar-refractivity contribution in [2.75, 3.05) is 27.2 Å². The molecule has 0 N–H and O–H groups in total. The molecule has 3 nitrogen and oxygen atoms in total. The molecule has 0 aromatic heterocycles. The second-order valence-electron chi connectivity index (χ2n) is 5.45. The number of nitrogens with zero attached hydrogens (tertiary/aromatic N) is 2. The van der Waals surface area contributed by atoms with Crippen LogP contribution in [0.5, 0.6) is 0 Å². The topological polar surface area (TPSA) is 23.6 Å². The maximum absolute atomic E-state index is 12.4. The zero-order valence-corrected chi connectivity index (χ0v) is 14.8. The summed E-state index contributed by atoms with van der Waals surface area (Å²) in [5.41, 5.74) is 0.855. The van der Waals surface area contributed by atoms with Gasteiger partial charge in [0.2, 0.25) is 5.91 Å². The molecule has 0 unspecified atom stereocenters. The van der Waals surface area contributed by atoms with Crippen LogP contribution in [-0.4, -0.2) is 48.1 Å². The van der Waals surface area contributed by atoms with E-state index in [4.69, 9.17) is 23.2 Å². The van der Waals surface area contributed by atoms with Gasteiger partial charge in [0.05, 0.1) is 5.25 Å². The van der Waals surface area contributed by atoms with Crippen LogP contribution in [0.25, 0.3) is 0 Å². The molecule has 0 saturated carbocycles. The molecular formula is C15H20Cl2N2OS. The number of benzene rings is 1. The maximum Gasteiger partial charge on any atom is 0.236 e. The summed E-state index contributed by atoms with van der Waals surface area (Å²) in [7, 11) is 4.07. The molecule has 2 atom stereocenters. The first kappa shape index (κ1) is 16.9. The van der Waals surface area contributed by atoms with Gasteiger partial charge >= 0.3 is 0 Å². The molecule has 1 aliphatic rings. The van der Waals surface area contributed by atoms with Crippen LogP contribution in [0, 0.1) is 0 Å². The fourth-order valence-corrected chi connectivity index (χ4v) is 4.55. The second-order valence-corrected chi connectivity index (χ2v) is 7.69. The Kier molecular flexibility index (Phi) is 5.83. The number of hydrogen-bond acceptors (Lipinski definition) is 3. The SMILES string of the molecule is C[C@H]1S[C@@H](c2c(Cl)cccc2Cl)N(CCCN(C)C)C1=O. The summed E-state index contributed by atoms with van der Waals surface area (Å²) in [5.74, 6) is 0.166. The zero-order chi connectivity index (χ0) is 15.6. The number of hydrogen-bond donors (Lipinski definition) is 0. The molecule has 1 saturated heterocycles. The highest BCUT2D eigenvalue weighted by atomic mass is 35.5. The molecule has 1 fully saturated rings. The largest absolute Gasteiger partial charge is 0.325 e. The minimum absolute atomic E-state index is 0.0540. The molecule has 1 aliphatic heterocycles. The van der Waals surface area contributed by atoms with Gasteiger partial charge in [0.15, 0.2) is 0 Å². The summed E-state index contributed by atoms with van der Waals surface area (Å²) in [4.78, 5) is 16.4. The maximum atomic E-state index is 12.4. The van der Waals surface area contributed by atoms with E-state index in [1.54, 1.807) is 11.8 Å². The van der Waals surface area contributed by atoms with Crippen LogP contribution in [0.15, 0.2) is 18.2 Å². The van der Waals surface area contributed by atoms with Crippen LogP contribution >= 0.6 is 35.0 Å². The summed E-state index contributed by atoms with van der Waals surface area (Å²) in [6.45, 7) is 3.61. The lowest BCUT2D eigenvalue weighted by Crippen LogP contribution is -2.33. The Labute approximate surface area is 140 Å². The molecule has 1 amide bonds. The number of rotatable bonds is 5. The van der Waals surface area contributed by atoms with Crippen LogP contribution < -0.4 is 0 Å². The molecule has 6 heteroatoms. The van der Waals surface area contributed by atoms with E-state index in [0.29, 0.717) is 10.0 Å². The molecule has 1 heterocycles. The van der Waals surface area contributed by atoms with Gasteiger partial charge in [0.1, 0.15) is 5.37 Å². The summed E-state index contributed by atoms with van der Waals surface area (Å²) in [6, 6.07) is 5.49. The van der Waals surface area contributed by atoms with Crippen molar-refractivity contribution in [3.05, 3.63) is 33.8 Å². The normalized spacial score (nSPS) is 22.4. The first-order chi connectivity index (χ1) is 9.91. The first-order valence-corrected chi connectivity index (χ1v) is 8.66. The van der Waals surface area contributed by atoms with Crippen LogP contribution in [0.3, 0.4) is 0 Å². The fraction of sp³-hybridized carbons (Fsp3) is 0.533. The van der Waals surface area contributed by atoms with E-state index in [0.717, 1.165) is 25.1 Å². The zero-order valence-electron chi connectivity index (χ0n) is 12.5. The standard InChI is InChI=1S/C15H20Cl2N2OS/c1-10-14(20)19(9-5-8-18(2)3)15(21-10)13-11(16)6-4-7-12(13)17/h4,6-7,10,15H,5,8-9H2,1-3H3/t10-,15+/m1/s1. The lowest BCUT2D eigenvalue weighted by atomic mass is 10.2. The summed E-state index contributed by atoms with van der Waals surface area (Å²) < 4.78 is 0. The highest BCUT2D eigenvalue weighted by Crippen LogP contribution is 2.47. The quantitative estimate of drug-likeness (QED) is 0.807. The molecular weight excluding hydrogens is 327 g/mol. The molecule has 21 heavy (non-hydrogen) atoms. The fourth-order valence-electron chi connectivity index (χ4n) is 2.43. The summed E-state index contributed by atoms with van der Waals surface area (Å²) in [6.07, 6.45) is 0.935. The van der Waals surface area contributed by atoms with Crippen LogP contribution in [0.4, 0.5) is 0 Å². The van der Waals surface area contributed by atoms with Crippen molar-refractivity contribution < 1.29 is 4.79 Å². The van der Waals surface area contributed by atoms with E-state index >= 15 is 0 Å². The predicted molar refractivity (Wildman–Crippen MR) is 91.1 cm³/mol. The Morgan fingerprint density at radius 2 is 1.90 bits per heavy atom. The Hall–Kier alpha value is -0.420. The van der Waals surface area contributed by atoms with Gasteiger partial charge < -0.3 is 9.80 Å². The molecule has 1 aromatic rings. The van der Waals surface area contributed by atoms with E-state index in [-0.39, 0.29) is 16.5 Å². The van der Waals surface area contributed by atoms with E-state index in [1.165, 1.54) is 0 Å². The average Bonchev–Trinajstić information content (AvgIpc) is 2.66. The minimum atomic E-state index is -0.0872. The number of carbonyl (C=O) groups excluding carboxylic acids is 1. The smallest absolute Gasteiger partial charge is 0.236 e. The molecule has 0 spiro atoms. The third kappa shape index (κ3) is 3.86. The molecule has 0 radical (unpaired) electrons. The lowest BCUT2D eigenvalue weighted by molar-refractivity contribution is -0.129. The van der Waals surface area contributed by atoms with Crippen LogP contribution in [-0.2, 0) is 4.79 Å².